The van der Waals surface area contributed by atoms with Crippen molar-refractivity contribution in [1.29, 1.82) is 0 Å². The number of rotatable bonds is 6. The summed E-state index contributed by atoms with van der Waals surface area (Å²) in [6.45, 7) is 0.822. The molecule has 2 rings (SSSR count). The second-order valence-electron chi connectivity index (χ2n) is 5.45. The first kappa shape index (κ1) is 14.9. The fraction of sp³-hybridized carbons (Fsp3) is 0.562. The predicted molar refractivity (Wildman–Crippen MR) is 78.2 cm³/mol. The minimum atomic E-state index is -0.716. The van der Waals surface area contributed by atoms with Gasteiger partial charge in [0.25, 0.3) is 0 Å². The first-order valence-electron chi connectivity index (χ1n) is 7.20. The second-order valence-corrected chi connectivity index (χ2v) is 5.45. The van der Waals surface area contributed by atoms with Crippen LogP contribution in [0.25, 0.3) is 0 Å². The Morgan fingerprint density at radius 1 is 1.50 bits per heavy atom. The maximum Gasteiger partial charge on any atom is 0.303 e. The van der Waals surface area contributed by atoms with Gasteiger partial charge in [0.05, 0.1) is 7.11 Å². The van der Waals surface area contributed by atoms with Gasteiger partial charge in [-0.05, 0) is 62.5 Å². The summed E-state index contributed by atoms with van der Waals surface area (Å²) in [6.07, 6.45) is 4.36. The zero-order chi connectivity index (χ0) is 14.5. The van der Waals surface area contributed by atoms with Crippen LogP contribution in [-0.4, -0.2) is 36.7 Å². The lowest BCUT2D eigenvalue weighted by Crippen LogP contribution is -2.29. The first-order valence-corrected chi connectivity index (χ1v) is 7.20. The Balaban J connectivity index is 2.05. The zero-order valence-corrected chi connectivity index (χ0v) is 12.3. The van der Waals surface area contributed by atoms with Crippen LogP contribution in [0.1, 0.15) is 42.9 Å². The highest BCUT2D eigenvalue weighted by Crippen LogP contribution is 2.35. The number of aliphatic carboxylic acids is 1. The number of aryl methyl sites for hydroxylation is 1. The number of hydrogen-bond acceptors (Lipinski definition) is 3. The minimum absolute atomic E-state index is 0.243. The van der Waals surface area contributed by atoms with Gasteiger partial charge in [-0.3, -0.25) is 9.69 Å². The number of carboxylic acid groups (broad SMARTS) is 1. The number of ether oxygens (including phenoxy) is 1. The summed E-state index contributed by atoms with van der Waals surface area (Å²) >= 11 is 0. The molecule has 1 unspecified atom stereocenters. The molecular weight excluding hydrogens is 254 g/mol. The molecule has 1 aliphatic rings. The Morgan fingerprint density at radius 2 is 2.30 bits per heavy atom. The van der Waals surface area contributed by atoms with Crippen LogP contribution in [0.4, 0.5) is 0 Å². The van der Waals surface area contributed by atoms with Gasteiger partial charge in [-0.15, -0.1) is 0 Å². The lowest BCUT2D eigenvalue weighted by Gasteiger charge is -2.33. The van der Waals surface area contributed by atoms with E-state index in [2.05, 4.69) is 24.1 Å². The van der Waals surface area contributed by atoms with Crippen molar-refractivity contribution < 1.29 is 14.6 Å². The lowest BCUT2D eigenvalue weighted by molar-refractivity contribution is -0.137. The van der Waals surface area contributed by atoms with Crippen molar-refractivity contribution in [3.05, 3.63) is 29.3 Å². The van der Waals surface area contributed by atoms with Crippen molar-refractivity contribution in [2.75, 3.05) is 20.7 Å². The molecule has 1 aromatic rings. The topological polar surface area (TPSA) is 49.8 Å². The Hall–Kier alpha value is -1.55. The van der Waals surface area contributed by atoms with Gasteiger partial charge in [0.15, 0.2) is 0 Å². The van der Waals surface area contributed by atoms with Gasteiger partial charge in [0.1, 0.15) is 5.75 Å². The number of nitrogens with zero attached hydrogens (tertiary/aromatic N) is 1. The minimum Gasteiger partial charge on any atom is -0.497 e. The molecule has 1 atom stereocenters. The average molecular weight is 277 g/mol. The molecule has 0 fully saturated rings. The molecule has 1 aromatic carbocycles. The molecule has 0 radical (unpaired) electrons. The van der Waals surface area contributed by atoms with Crippen molar-refractivity contribution in [1.82, 2.24) is 4.90 Å². The van der Waals surface area contributed by atoms with Gasteiger partial charge in [0.2, 0.25) is 0 Å². The van der Waals surface area contributed by atoms with Crippen molar-refractivity contribution in [3.8, 4) is 5.75 Å². The Labute approximate surface area is 120 Å². The Kier molecular flexibility index (Phi) is 5.01. The van der Waals surface area contributed by atoms with Gasteiger partial charge in [-0.1, -0.05) is 6.07 Å². The molecule has 110 valence electrons. The number of methoxy groups -OCH3 is 1. The fourth-order valence-electron chi connectivity index (χ4n) is 2.99. The number of hydrogen-bond donors (Lipinski definition) is 1. The van der Waals surface area contributed by atoms with Gasteiger partial charge >= 0.3 is 5.97 Å². The third-order valence-corrected chi connectivity index (χ3v) is 4.07. The van der Waals surface area contributed by atoms with Crippen molar-refractivity contribution in [2.24, 2.45) is 0 Å². The number of fused-ring (bicyclic) bond motifs is 1. The van der Waals surface area contributed by atoms with Crippen molar-refractivity contribution >= 4 is 5.97 Å². The summed E-state index contributed by atoms with van der Waals surface area (Å²) in [5.74, 6) is 0.199. The van der Waals surface area contributed by atoms with Crippen LogP contribution >= 0.6 is 0 Å². The summed E-state index contributed by atoms with van der Waals surface area (Å²) in [4.78, 5) is 12.9. The lowest BCUT2D eigenvalue weighted by atomic mass is 9.86. The van der Waals surface area contributed by atoms with E-state index < -0.39 is 5.97 Å². The standard InChI is InChI=1S/C16H23NO3/c1-17(10-4-7-16(18)19)15-6-3-5-12-11-13(20-2)8-9-14(12)15/h8-9,11,15H,3-7,10H2,1-2H3,(H,18,19). The molecular formula is C16H23NO3. The zero-order valence-electron chi connectivity index (χ0n) is 12.3. The van der Waals surface area contributed by atoms with E-state index in [0.29, 0.717) is 12.5 Å². The van der Waals surface area contributed by atoms with Gasteiger partial charge < -0.3 is 9.84 Å². The number of carboxylic acids is 1. The van der Waals surface area contributed by atoms with E-state index in [9.17, 15) is 4.79 Å². The first-order chi connectivity index (χ1) is 9.61. The van der Waals surface area contributed by atoms with Crippen LogP contribution in [0.2, 0.25) is 0 Å². The van der Waals surface area contributed by atoms with Crippen LogP contribution < -0.4 is 4.74 Å². The maximum atomic E-state index is 10.6. The van der Waals surface area contributed by atoms with E-state index in [0.717, 1.165) is 25.1 Å². The molecule has 0 saturated heterocycles. The number of benzene rings is 1. The van der Waals surface area contributed by atoms with Crippen LogP contribution in [0.3, 0.4) is 0 Å². The smallest absolute Gasteiger partial charge is 0.303 e. The van der Waals surface area contributed by atoms with Gasteiger partial charge in [0, 0.05) is 12.5 Å². The summed E-state index contributed by atoms with van der Waals surface area (Å²) < 4.78 is 5.29. The summed E-state index contributed by atoms with van der Waals surface area (Å²) in [7, 11) is 3.78. The van der Waals surface area contributed by atoms with Crippen LogP contribution in [0, 0.1) is 0 Å². The molecule has 1 aliphatic carbocycles. The van der Waals surface area contributed by atoms with Crippen LogP contribution in [0.15, 0.2) is 18.2 Å². The molecule has 4 heteroatoms. The van der Waals surface area contributed by atoms with Crippen molar-refractivity contribution in [2.45, 2.75) is 38.1 Å². The predicted octanol–water partition coefficient (Wildman–Crippen LogP) is 2.87. The molecule has 4 nitrogen and oxygen atoms in total. The van der Waals surface area contributed by atoms with E-state index in [4.69, 9.17) is 9.84 Å². The Bertz CT molecular complexity index is 473. The van der Waals surface area contributed by atoms with E-state index >= 15 is 0 Å². The molecule has 0 aliphatic heterocycles. The highest BCUT2D eigenvalue weighted by molar-refractivity contribution is 5.66. The molecule has 0 amide bonds. The summed E-state index contributed by atoms with van der Waals surface area (Å²) in [5, 5.41) is 8.72. The Morgan fingerprint density at radius 3 is 3.00 bits per heavy atom. The summed E-state index contributed by atoms with van der Waals surface area (Å²) in [5.41, 5.74) is 2.74. The highest BCUT2D eigenvalue weighted by Gasteiger charge is 2.23. The van der Waals surface area contributed by atoms with Gasteiger partial charge in [-0.25, -0.2) is 0 Å². The highest BCUT2D eigenvalue weighted by atomic mass is 16.5. The number of carbonyl (C=O) groups is 1. The molecule has 1 N–H and O–H groups in total. The molecule has 20 heavy (non-hydrogen) atoms. The third-order valence-electron chi connectivity index (χ3n) is 4.07. The largest absolute Gasteiger partial charge is 0.497 e. The molecule has 0 spiro atoms. The van der Waals surface area contributed by atoms with E-state index in [1.54, 1.807) is 7.11 Å². The molecule has 0 heterocycles. The molecule has 0 aromatic heterocycles. The molecule has 0 saturated carbocycles. The van der Waals surface area contributed by atoms with E-state index in [-0.39, 0.29) is 6.42 Å². The monoisotopic (exact) mass is 277 g/mol. The van der Waals surface area contributed by atoms with E-state index in [1.165, 1.54) is 17.5 Å². The quantitative estimate of drug-likeness (QED) is 0.868. The SMILES string of the molecule is COc1ccc2c(c1)CCCC2N(C)CCCC(=O)O. The third kappa shape index (κ3) is 3.51. The summed E-state index contributed by atoms with van der Waals surface area (Å²) in [6, 6.07) is 6.71. The fourth-order valence-corrected chi connectivity index (χ4v) is 2.99. The average Bonchev–Trinajstić information content (AvgIpc) is 2.45. The normalized spacial score (nSPS) is 17.9. The molecule has 0 bridgehead atoms. The van der Waals surface area contributed by atoms with E-state index in [1.807, 2.05) is 6.07 Å². The van der Waals surface area contributed by atoms with Crippen molar-refractivity contribution in [3.63, 3.8) is 0 Å². The van der Waals surface area contributed by atoms with Crippen LogP contribution in [-0.2, 0) is 11.2 Å². The van der Waals surface area contributed by atoms with Crippen LogP contribution in [0.5, 0.6) is 5.75 Å². The van der Waals surface area contributed by atoms with Gasteiger partial charge in [-0.2, -0.15) is 0 Å². The maximum absolute atomic E-state index is 10.6. The second kappa shape index (κ2) is 6.75.